The maximum absolute atomic E-state index is 12.9. The van der Waals surface area contributed by atoms with Gasteiger partial charge in [-0.15, -0.1) is 11.3 Å². The van der Waals surface area contributed by atoms with Gasteiger partial charge in [-0.05, 0) is 30.5 Å². The molecule has 0 N–H and O–H groups in total. The molecule has 1 unspecified atom stereocenters. The van der Waals surface area contributed by atoms with E-state index in [0.717, 1.165) is 5.56 Å². The van der Waals surface area contributed by atoms with E-state index in [2.05, 4.69) is 31.4 Å². The third kappa shape index (κ3) is 3.29. The molecule has 0 saturated carbocycles. The molecule has 126 valence electrons. The van der Waals surface area contributed by atoms with Crippen molar-refractivity contribution >= 4 is 26.9 Å². The van der Waals surface area contributed by atoms with Crippen LogP contribution in [0.3, 0.4) is 0 Å². The van der Waals surface area contributed by atoms with Crippen molar-refractivity contribution in [3.8, 4) is 0 Å². The zero-order valence-corrected chi connectivity index (χ0v) is 15.8. The Balaban J connectivity index is 1.92. The van der Waals surface area contributed by atoms with Gasteiger partial charge < -0.3 is 0 Å². The van der Waals surface area contributed by atoms with Crippen LogP contribution in [0.2, 0.25) is 0 Å². The van der Waals surface area contributed by atoms with E-state index in [0.29, 0.717) is 18.0 Å². The maximum atomic E-state index is 12.9. The molecule has 2 heterocycles. The van der Waals surface area contributed by atoms with Crippen LogP contribution in [0.5, 0.6) is 0 Å². The quantitative estimate of drug-likeness (QED) is 0.759. The molecule has 24 heavy (non-hydrogen) atoms. The number of rotatable bonds is 4. The van der Waals surface area contributed by atoms with Crippen LogP contribution in [-0.4, -0.2) is 25.8 Å². The molecule has 0 fully saturated rings. The Morgan fingerprint density at radius 1 is 1.17 bits per heavy atom. The van der Waals surface area contributed by atoms with Gasteiger partial charge in [0.05, 0.1) is 31.2 Å². The predicted octanol–water partition coefficient (Wildman–Crippen LogP) is 4.37. The number of nitrogens with zero attached hydrogens (tertiary/aromatic N) is 1. The van der Waals surface area contributed by atoms with Crippen molar-refractivity contribution in [3.63, 3.8) is 0 Å². The van der Waals surface area contributed by atoms with Crippen LogP contribution in [0.4, 0.5) is 0 Å². The van der Waals surface area contributed by atoms with Crippen LogP contribution < -0.4 is 0 Å². The first-order valence-electron chi connectivity index (χ1n) is 8.00. The topological polar surface area (TPSA) is 37.4 Å². The molecule has 3 rings (SSSR count). The van der Waals surface area contributed by atoms with Crippen molar-refractivity contribution in [2.45, 2.75) is 25.7 Å². The number of aryl methyl sites for hydroxylation is 1. The van der Waals surface area contributed by atoms with Gasteiger partial charge >= 0.3 is 0 Å². The second kappa shape index (κ2) is 6.75. The summed E-state index contributed by atoms with van der Waals surface area (Å²) < 4.78 is 27.5. The summed E-state index contributed by atoms with van der Waals surface area (Å²) in [6, 6.07) is 11.2. The van der Waals surface area contributed by atoms with Crippen LogP contribution in [0, 0.1) is 18.8 Å². The lowest BCUT2D eigenvalue weighted by Crippen LogP contribution is -2.40. The Hall–Kier alpha value is -1.56. The lowest BCUT2D eigenvalue weighted by atomic mass is 9.85. The monoisotopic (exact) mass is 360 g/mol. The molecule has 5 heteroatoms. The second-order valence-corrected chi connectivity index (χ2v) is 9.29. The fourth-order valence-corrected chi connectivity index (χ4v) is 5.20. The molecule has 2 aromatic rings. The van der Waals surface area contributed by atoms with E-state index in [-0.39, 0.29) is 5.92 Å². The third-order valence-electron chi connectivity index (χ3n) is 4.44. The first-order chi connectivity index (χ1) is 11.4. The molecule has 1 aliphatic heterocycles. The highest BCUT2D eigenvalue weighted by atomic mass is 32.2. The van der Waals surface area contributed by atoms with Crippen LogP contribution in [0.1, 0.15) is 24.3 Å². The van der Waals surface area contributed by atoms with Crippen molar-refractivity contribution in [1.82, 2.24) is 4.31 Å². The third-order valence-corrected chi connectivity index (χ3v) is 7.20. The minimum absolute atomic E-state index is 0.137. The molecule has 1 aromatic carbocycles. The number of thiophene rings is 1. The Morgan fingerprint density at radius 3 is 2.46 bits per heavy atom. The highest BCUT2D eigenvalue weighted by Crippen LogP contribution is 2.37. The fraction of sp³-hybridized carbons (Fsp3) is 0.316. The first-order valence-corrected chi connectivity index (χ1v) is 10.3. The summed E-state index contributed by atoms with van der Waals surface area (Å²) in [5.41, 5.74) is 2.31. The first kappa shape index (κ1) is 17.3. The highest BCUT2D eigenvalue weighted by Gasteiger charge is 2.38. The van der Waals surface area contributed by atoms with E-state index in [1.165, 1.54) is 16.4 Å². The molecule has 0 spiro atoms. The van der Waals surface area contributed by atoms with E-state index >= 15 is 0 Å². The van der Waals surface area contributed by atoms with Gasteiger partial charge in [-0.3, -0.25) is 0 Å². The largest absolute Gasteiger partial charge is 0.243 e. The summed E-state index contributed by atoms with van der Waals surface area (Å²) in [5.74, 6) is 1.37. The van der Waals surface area contributed by atoms with Crippen molar-refractivity contribution in [1.29, 1.82) is 0 Å². The summed E-state index contributed by atoms with van der Waals surface area (Å²) in [5, 5.41) is 2.06. The highest BCUT2D eigenvalue weighted by molar-refractivity contribution is 7.89. The molecule has 1 aliphatic rings. The molecule has 3 nitrogen and oxygen atoms in total. The van der Waals surface area contributed by atoms with Crippen LogP contribution in [0.25, 0.3) is 5.57 Å². The summed E-state index contributed by atoms with van der Waals surface area (Å²) in [6.45, 7) is 7.04. The number of sulfonamides is 1. The van der Waals surface area contributed by atoms with E-state index < -0.39 is 10.0 Å². The van der Waals surface area contributed by atoms with Crippen LogP contribution >= 0.6 is 11.3 Å². The molecule has 0 amide bonds. The minimum atomic E-state index is -3.46. The standard InChI is InChI=1S/C19H22NO2S2/c1-14(2)18-13-20(11-10-17(18)19-5-4-12-23-19)24(21,22)16-8-6-15(3)7-9-16/h4-10,12,18H,11,13H2,1-3H3/q+1. The molecular weight excluding hydrogens is 338 g/mol. The average molecular weight is 361 g/mol. The van der Waals surface area contributed by atoms with Crippen LogP contribution in [-0.2, 0) is 10.0 Å². The van der Waals surface area contributed by atoms with E-state index in [1.54, 1.807) is 27.8 Å². The van der Waals surface area contributed by atoms with Gasteiger partial charge in [0.2, 0.25) is 10.0 Å². The molecule has 0 aliphatic carbocycles. The SMILES string of the molecule is Cc1ccc(S(=O)(=O)N2CC=C(c3cccs3)C([C+](C)C)C2)cc1. The van der Waals surface area contributed by atoms with E-state index in [1.807, 2.05) is 25.1 Å². The average Bonchev–Trinajstić information content (AvgIpc) is 3.09. The summed E-state index contributed by atoms with van der Waals surface area (Å²) in [7, 11) is -3.46. The van der Waals surface area contributed by atoms with Crippen molar-refractivity contribution in [2.75, 3.05) is 13.1 Å². The summed E-state index contributed by atoms with van der Waals surface area (Å²) >= 11 is 1.71. The molecular formula is C19H22NO2S2+. The van der Waals surface area contributed by atoms with Gasteiger partial charge in [0, 0.05) is 17.0 Å². The van der Waals surface area contributed by atoms with Crippen LogP contribution in [0.15, 0.2) is 52.7 Å². The Kier molecular flexibility index (Phi) is 4.85. The number of hydrogen-bond acceptors (Lipinski definition) is 3. The summed E-state index contributed by atoms with van der Waals surface area (Å²) in [6.07, 6.45) is 2.07. The van der Waals surface area contributed by atoms with Crippen molar-refractivity contribution < 1.29 is 8.42 Å². The van der Waals surface area contributed by atoms with E-state index in [9.17, 15) is 8.42 Å². The Bertz CT molecular complexity index is 819. The molecule has 0 bridgehead atoms. The minimum Gasteiger partial charge on any atom is -0.207 e. The van der Waals surface area contributed by atoms with Gasteiger partial charge in [0.25, 0.3) is 0 Å². The van der Waals surface area contributed by atoms with Gasteiger partial charge in [-0.1, -0.05) is 29.8 Å². The van der Waals surface area contributed by atoms with Gasteiger partial charge in [-0.25, -0.2) is 8.42 Å². The zero-order valence-electron chi connectivity index (χ0n) is 14.2. The second-order valence-electron chi connectivity index (χ2n) is 6.40. The van der Waals surface area contributed by atoms with Gasteiger partial charge in [-0.2, -0.15) is 4.31 Å². The summed E-state index contributed by atoms with van der Waals surface area (Å²) in [4.78, 5) is 1.60. The molecule has 0 saturated heterocycles. The molecule has 1 aromatic heterocycles. The Morgan fingerprint density at radius 2 is 1.88 bits per heavy atom. The van der Waals surface area contributed by atoms with Gasteiger partial charge in [0.15, 0.2) is 0 Å². The number of hydrogen-bond donors (Lipinski definition) is 0. The fourth-order valence-electron chi connectivity index (χ4n) is 2.98. The normalized spacial score (nSPS) is 19.1. The zero-order chi connectivity index (χ0) is 17.3. The molecule has 0 radical (unpaired) electrons. The predicted molar refractivity (Wildman–Crippen MR) is 100 cm³/mol. The molecule has 1 atom stereocenters. The Labute approximate surface area is 148 Å². The lowest BCUT2D eigenvalue weighted by molar-refractivity contribution is 0.395. The smallest absolute Gasteiger partial charge is 0.207 e. The number of benzene rings is 1. The van der Waals surface area contributed by atoms with Gasteiger partial charge in [0.1, 0.15) is 5.92 Å². The maximum Gasteiger partial charge on any atom is 0.243 e. The van der Waals surface area contributed by atoms with Crippen molar-refractivity contribution in [2.24, 2.45) is 5.92 Å². The lowest BCUT2D eigenvalue weighted by Gasteiger charge is -2.29. The van der Waals surface area contributed by atoms with E-state index in [4.69, 9.17) is 0 Å². The van der Waals surface area contributed by atoms with Crippen molar-refractivity contribution in [3.05, 3.63) is 64.2 Å².